The Morgan fingerprint density at radius 3 is 2.68 bits per heavy atom. The molecule has 0 saturated heterocycles. The number of ether oxygens (including phenoxy) is 1. The van der Waals surface area contributed by atoms with Gasteiger partial charge in [-0.3, -0.25) is 0 Å². The summed E-state index contributed by atoms with van der Waals surface area (Å²) in [7, 11) is 0. The quantitative estimate of drug-likeness (QED) is 0.598. The summed E-state index contributed by atoms with van der Waals surface area (Å²) in [5, 5.41) is 14.9. The second kappa shape index (κ2) is 6.85. The number of amides is 2. The van der Waals surface area contributed by atoms with E-state index in [9.17, 15) is 9.90 Å². The number of urea groups is 1. The Labute approximate surface area is 129 Å². The molecule has 0 saturated carbocycles. The largest absolute Gasteiger partial charge is 0.506 e. The van der Waals surface area contributed by atoms with Gasteiger partial charge in [0, 0.05) is 0 Å². The van der Waals surface area contributed by atoms with Crippen LogP contribution < -0.4 is 15.4 Å². The van der Waals surface area contributed by atoms with Gasteiger partial charge in [-0.1, -0.05) is 18.2 Å². The molecule has 116 valence electrons. The maximum Gasteiger partial charge on any atom is 0.321 e. The number of phenols is 1. The van der Waals surface area contributed by atoms with Gasteiger partial charge in [0.05, 0.1) is 5.69 Å². The molecule has 0 aromatic heterocycles. The minimum atomic E-state index is -0.440. The second-order valence-electron chi connectivity index (χ2n) is 5.14. The number of benzene rings is 2. The lowest BCUT2D eigenvalue weighted by atomic mass is 10.1. The van der Waals surface area contributed by atoms with Crippen LogP contribution >= 0.6 is 0 Å². The number of aryl methyl sites for hydroxylation is 2. The summed E-state index contributed by atoms with van der Waals surface area (Å²) in [6.45, 7) is 5.88. The van der Waals surface area contributed by atoms with Gasteiger partial charge >= 0.3 is 6.03 Å². The first-order valence-electron chi connectivity index (χ1n) is 7.01. The molecule has 2 aromatic carbocycles. The van der Waals surface area contributed by atoms with Crippen LogP contribution in [-0.2, 0) is 0 Å². The Kier molecular flexibility index (Phi) is 4.88. The maximum atomic E-state index is 11.8. The highest BCUT2D eigenvalue weighted by molar-refractivity contribution is 5.90. The van der Waals surface area contributed by atoms with Gasteiger partial charge in [0.1, 0.15) is 11.5 Å². The van der Waals surface area contributed by atoms with Gasteiger partial charge < -0.3 is 20.5 Å². The van der Waals surface area contributed by atoms with Gasteiger partial charge in [-0.05, 0) is 55.7 Å². The Hall–Kier alpha value is -2.69. The third-order valence-corrected chi connectivity index (χ3v) is 3.42. The second-order valence-corrected chi connectivity index (χ2v) is 5.14. The van der Waals surface area contributed by atoms with Gasteiger partial charge in [-0.25, -0.2) is 4.79 Å². The van der Waals surface area contributed by atoms with E-state index < -0.39 is 6.03 Å². The zero-order valence-electron chi connectivity index (χ0n) is 12.9. The molecule has 0 bridgehead atoms. The molecule has 0 heterocycles. The highest BCUT2D eigenvalue weighted by Crippen LogP contribution is 2.23. The van der Waals surface area contributed by atoms with Crippen LogP contribution in [0.1, 0.15) is 16.7 Å². The lowest BCUT2D eigenvalue weighted by Crippen LogP contribution is -2.32. The van der Waals surface area contributed by atoms with E-state index in [4.69, 9.17) is 4.74 Å². The zero-order chi connectivity index (χ0) is 16.1. The summed E-state index contributed by atoms with van der Waals surface area (Å²) >= 11 is 0. The van der Waals surface area contributed by atoms with E-state index >= 15 is 0 Å². The number of carbonyl (C=O) groups is 1. The van der Waals surface area contributed by atoms with Crippen LogP contribution in [0, 0.1) is 20.8 Å². The molecule has 2 rings (SSSR count). The van der Waals surface area contributed by atoms with Gasteiger partial charge in [0.25, 0.3) is 0 Å². The van der Waals surface area contributed by atoms with Crippen molar-refractivity contribution in [1.82, 2.24) is 5.32 Å². The molecule has 0 aliphatic rings. The van der Waals surface area contributed by atoms with Crippen LogP contribution in [0.15, 0.2) is 36.4 Å². The summed E-state index contributed by atoms with van der Waals surface area (Å²) < 4.78 is 5.54. The van der Waals surface area contributed by atoms with E-state index in [0.29, 0.717) is 5.69 Å². The van der Waals surface area contributed by atoms with E-state index in [-0.39, 0.29) is 12.5 Å². The van der Waals surface area contributed by atoms with E-state index in [0.717, 1.165) is 22.4 Å². The molecule has 0 fully saturated rings. The molecule has 2 amide bonds. The van der Waals surface area contributed by atoms with E-state index in [1.807, 2.05) is 45.0 Å². The van der Waals surface area contributed by atoms with Crippen LogP contribution in [0.2, 0.25) is 0 Å². The average Bonchev–Trinajstić information content (AvgIpc) is 2.46. The van der Waals surface area contributed by atoms with Crippen molar-refractivity contribution in [3.05, 3.63) is 53.1 Å². The SMILES string of the molecule is Cc1ccc(NC(=O)NCOc2cccc(C)c2C)c(O)c1. The van der Waals surface area contributed by atoms with Crippen molar-refractivity contribution in [3.63, 3.8) is 0 Å². The third-order valence-electron chi connectivity index (χ3n) is 3.42. The molecule has 3 N–H and O–H groups in total. The van der Waals surface area contributed by atoms with Crippen molar-refractivity contribution >= 4 is 11.7 Å². The molecule has 0 spiro atoms. The highest BCUT2D eigenvalue weighted by atomic mass is 16.5. The number of rotatable bonds is 4. The first kappa shape index (κ1) is 15.7. The van der Waals surface area contributed by atoms with Crippen LogP contribution in [0.25, 0.3) is 0 Å². The maximum absolute atomic E-state index is 11.8. The molecular formula is C17H20N2O3. The molecule has 0 unspecified atom stereocenters. The van der Waals surface area contributed by atoms with Crippen LogP contribution in [-0.4, -0.2) is 17.9 Å². The van der Waals surface area contributed by atoms with Crippen molar-refractivity contribution in [1.29, 1.82) is 0 Å². The molecule has 0 aliphatic heterocycles. The minimum Gasteiger partial charge on any atom is -0.506 e. The number of hydrogen-bond donors (Lipinski definition) is 3. The molecule has 22 heavy (non-hydrogen) atoms. The number of anilines is 1. The molecule has 2 aromatic rings. The zero-order valence-corrected chi connectivity index (χ0v) is 12.9. The van der Waals surface area contributed by atoms with Crippen molar-refractivity contribution in [2.75, 3.05) is 12.0 Å². The van der Waals surface area contributed by atoms with Gasteiger partial charge in [0.15, 0.2) is 6.73 Å². The predicted octanol–water partition coefficient (Wildman–Crippen LogP) is 3.48. The smallest absolute Gasteiger partial charge is 0.321 e. The van der Waals surface area contributed by atoms with Crippen molar-refractivity contribution in [2.45, 2.75) is 20.8 Å². The monoisotopic (exact) mass is 300 g/mol. The van der Waals surface area contributed by atoms with Gasteiger partial charge in [-0.15, -0.1) is 0 Å². The molecule has 5 heteroatoms. The minimum absolute atomic E-state index is 0.0330. The third kappa shape index (κ3) is 3.91. The van der Waals surface area contributed by atoms with Crippen LogP contribution in [0.4, 0.5) is 10.5 Å². The van der Waals surface area contributed by atoms with E-state index in [1.54, 1.807) is 12.1 Å². The molecule has 0 atom stereocenters. The number of aromatic hydroxyl groups is 1. The number of hydrogen-bond acceptors (Lipinski definition) is 3. The first-order chi connectivity index (χ1) is 10.5. The number of phenolic OH excluding ortho intramolecular Hbond substituents is 1. The highest BCUT2D eigenvalue weighted by Gasteiger charge is 2.07. The van der Waals surface area contributed by atoms with Crippen molar-refractivity contribution in [2.24, 2.45) is 0 Å². The fraction of sp³-hybridized carbons (Fsp3) is 0.235. The van der Waals surface area contributed by atoms with Crippen molar-refractivity contribution in [3.8, 4) is 11.5 Å². The standard InChI is InChI=1S/C17H20N2O3/c1-11-7-8-14(15(20)9-11)19-17(21)18-10-22-16-6-4-5-12(2)13(16)3/h4-9,20H,10H2,1-3H3,(H2,18,19,21). The number of carbonyl (C=O) groups excluding carboxylic acids is 1. The lowest BCUT2D eigenvalue weighted by Gasteiger charge is -2.12. The van der Waals surface area contributed by atoms with Crippen molar-refractivity contribution < 1.29 is 14.6 Å². The van der Waals surface area contributed by atoms with E-state index in [2.05, 4.69) is 10.6 Å². The predicted molar refractivity (Wildman–Crippen MR) is 86.4 cm³/mol. The summed E-state index contributed by atoms with van der Waals surface area (Å²) in [6.07, 6.45) is 0. The Morgan fingerprint density at radius 1 is 1.18 bits per heavy atom. The topological polar surface area (TPSA) is 70.6 Å². The summed E-state index contributed by atoms with van der Waals surface area (Å²) in [5.74, 6) is 0.768. The van der Waals surface area contributed by atoms with Gasteiger partial charge in [0.2, 0.25) is 0 Å². The van der Waals surface area contributed by atoms with Gasteiger partial charge in [-0.2, -0.15) is 0 Å². The normalized spacial score (nSPS) is 10.1. The van der Waals surface area contributed by atoms with Crippen LogP contribution in [0.5, 0.6) is 11.5 Å². The number of nitrogens with one attached hydrogen (secondary N) is 2. The Bertz CT molecular complexity index is 684. The van der Waals surface area contributed by atoms with Crippen LogP contribution in [0.3, 0.4) is 0 Å². The Balaban J connectivity index is 1.87. The average molecular weight is 300 g/mol. The molecule has 0 radical (unpaired) electrons. The summed E-state index contributed by atoms with van der Waals surface area (Å²) in [5.41, 5.74) is 3.45. The first-order valence-corrected chi connectivity index (χ1v) is 7.01. The molecule has 0 aliphatic carbocycles. The fourth-order valence-corrected chi connectivity index (χ4v) is 1.97. The summed E-state index contributed by atoms with van der Waals surface area (Å²) in [6, 6.07) is 10.4. The van der Waals surface area contributed by atoms with E-state index in [1.165, 1.54) is 0 Å². The fourth-order valence-electron chi connectivity index (χ4n) is 1.97. The molecule has 5 nitrogen and oxygen atoms in total. The lowest BCUT2D eigenvalue weighted by molar-refractivity contribution is 0.234. The summed E-state index contributed by atoms with van der Waals surface area (Å²) in [4.78, 5) is 11.8. The molecular weight excluding hydrogens is 280 g/mol. The Morgan fingerprint density at radius 2 is 1.95 bits per heavy atom.